The number of methoxy groups -OCH3 is 1. The van der Waals surface area contributed by atoms with Crippen LogP contribution in [0, 0.1) is 0 Å². The molecule has 1 aromatic rings. The minimum atomic E-state index is -0.918. The molecule has 0 spiro atoms. The van der Waals surface area contributed by atoms with E-state index in [9.17, 15) is 9.90 Å². The zero-order valence-electron chi connectivity index (χ0n) is 10.0. The van der Waals surface area contributed by atoms with Gasteiger partial charge >= 0.3 is 5.97 Å². The maximum atomic E-state index is 11.6. The summed E-state index contributed by atoms with van der Waals surface area (Å²) in [4.78, 5) is 11.6. The molecule has 0 heterocycles. The summed E-state index contributed by atoms with van der Waals surface area (Å²) in [7, 11) is 1.35. The van der Waals surface area contributed by atoms with E-state index in [1.165, 1.54) is 7.11 Å². The first-order chi connectivity index (χ1) is 7.55. The Hall–Kier alpha value is -0.780. The quantitative estimate of drug-likeness (QED) is 0.765. The SMILES string of the molecule is Br.COC(=O)C1(N)CCc2cc(O)ccc2C1.Cl. The van der Waals surface area contributed by atoms with Gasteiger partial charge < -0.3 is 15.6 Å². The summed E-state index contributed by atoms with van der Waals surface area (Å²) in [5.41, 5.74) is 7.18. The summed E-state index contributed by atoms with van der Waals surface area (Å²) < 4.78 is 4.72. The molecule has 102 valence electrons. The lowest BCUT2D eigenvalue weighted by atomic mass is 9.78. The van der Waals surface area contributed by atoms with Crippen LogP contribution in [0.15, 0.2) is 18.2 Å². The Morgan fingerprint density at radius 2 is 2.11 bits per heavy atom. The van der Waals surface area contributed by atoms with Crippen molar-refractivity contribution in [3.05, 3.63) is 29.3 Å². The number of ether oxygens (including phenoxy) is 1. The number of esters is 1. The number of rotatable bonds is 1. The molecule has 4 nitrogen and oxygen atoms in total. The van der Waals surface area contributed by atoms with Gasteiger partial charge in [-0.2, -0.15) is 0 Å². The van der Waals surface area contributed by atoms with E-state index in [1.807, 2.05) is 6.07 Å². The highest BCUT2D eigenvalue weighted by molar-refractivity contribution is 8.93. The van der Waals surface area contributed by atoms with Crippen LogP contribution in [-0.2, 0) is 22.4 Å². The van der Waals surface area contributed by atoms with E-state index in [0.717, 1.165) is 11.1 Å². The number of nitrogens with two attached hydrogens (primary N) is 1. The number of hydrogen-bond acceptors (Lipinski definition) is 4. The minimum absolute atomic E-state index is 0. The van der Waals surface area contributed by atoms with Crippen LogP contribution in [0.3, 0.4) is 0 Å². The van der Waals surface area contributed by atoms with E-state index in [1.54, 1.807) is 12.1 Å². The summed E-state index contributed by atoms with van der Waals surface area (Å²) in [6.07, 6.45) is 1.71. The van der Waals surface area contributed by atoms with Crippen LogP contribution in [0.5, 0.6) is 5.75 Å². The lowest BCUT2D eigenvalue weighted by Gasteiger charge is -2.31. The summed E-state index contributed by atoms with van der Waals surface area (Å²) in [5, 5.41) is 9.35. The molecule has 0 amide bonds. The molecule has 18 heavy (non-hydrogen) atoms. The van der Waals surface area contributed by atoms with Gasteiger partial charge in [0.15, 0.2) is 0 Å². The second-order valence-electron chi connectivity index (χ2n) is 4.28. The van der Waals surface area contributed by atoms with Gasteiger partial charge in [-0.05, 0) is 36.1 Å². The van der Waals surface area contributed by atoms with Crippen molar-refractivity contribution >= 4 is 35.4 Å². The number of hydrogen-bond donors (Lipinski definition) is 2. The number of carbonyl (C=O) groups excluding carboxylic acids is 1. The van der Waals surface area contributed by atoms with Crippen molar-refractivity contribution in [2.75, 3.05) is 7.11 Å². The molecule has 0 saturated carbocycles. The van der Waals surface area contributed by atoms with Gasteiger partial charge in [0.05, 0.1) is 7.11 Å². The molecule has 1 aromatic carbocycles. The smallest absolute Gasteiger partial charge is 0.326 e. The summed E-state index contributed by atoms with van der Waals surface area (Å²) in [5.74, 6) is -0.118. The Labute approximate surface area is 123 Å². The molecule has 0 aromatic heterocycles. The highest BCUT2D eigenvalue weighted by Crippen LogP contribution is 2.30. The lowest BCUT2D eigenvalue weighted by Crippen LogP contribution is -2.52. The molecule has 0 radical (unpaired) electrons. The van der Waals surface area contributed by atoms with Crippen LogP contribution >= 0.6 is 29.4 Å². The fourth-order valence-electron chi connectivity index (χ4n) is 2.18. The van der Waals surface area contributed by atoms with Gasteiger partial charge in [0, 0.05) is 6.42 Å². The summed E-state index contributed by atoms with van der Waals surface area (Å²) >= 11 is 0. The Morgan fingerprint density at radius 3 is 2.72 bits per heavy atom. The fourth-order valence-corrected chi connectivity index (χ4v) is 2.18. The van der Waals surface area contributed by atoms with E-state index in [0.29, 0.717) is 19.3 Å². The van der Waals surface area contributed by atoms with Gasteiger partial charge in [-0.15, -0.1) is 29.4 Å². The second-order valence-corrected chi connectivity index (χ2v) is 4.28. The molecule has 0 fully saturated rings. The van der Waals surface area contributed by atoms with Crippen LogP contribution in [-0.4, -0.2) is 23.7 Å². The van der Waals surface area contributed by atoms with Crippen LogP contribution in [0.4, 0.5) is 0 Å². The Morgan fingerprint density at radius 1 is 1.44 bits per heavy atom. The standard InChI is InChI=1S/C12H15NO3.BrH.ClH/c1-16-11(15)12(13)5-4-8-6-10(14)3-2-9(8)7-12;;/h2-3,6,14H,4-5,7,13H2,1H3;2*1H. The fraction of sp³-hybridized carbons (Fsp3) is 0.417. The van der Waals surface area contributed by atoms with E-state index in [4.69, 9.17) is 10.5 Å². The normalized spacial score (nSPS) is 21.0. The molecular weight excluding hydrogens is 321 g/mol. The van der Waals surface area contributed by atoms with Crippen molar-refractivity contribution in [1.29, 1.82) is 0 Å². The lowest BCUT2D eigenvalue weighted by molar-refractivity contribution is -0.147. The molecule has 1 aliphatic rings. The van der Waals surface area contributed by atoms with E-state index >= 15 is 0 Å². The molecule has 6 heteroatoms. The third kappa shape index (κ3) is 3.16. The molecule has 0 bridgehead atoms. The minimum Gasteiger partial charge on any atom is -0.508 e. The molecule has 0 saturated heterocycles. The summed E-state index contributed by atoms with van der Waals surface area (Å²) in [6.45, 7) is 0. The van der Waals surface area contributed by atoms with E-state index < -0.39 is 5.54 Å². The highest BCUT2D eigenvalue weighted by Gasteiger charge is 2.38. The predicted octanol–water partition coefficient (Wildman–Crippen LogP) is 1.75. The number of phenolic OH excluding ortho intramolecular Hbond substituents is 1. The predicted molar refractivity (Wildman–Crippen MR) is 76.6 cm³/mol. The number of aryl methyl sites for hydroxylation is 1. The average Bonchev–Trinajstić information content (AvgIpc) is 2.28. The maximum Gasteiger partial charge on any atom is 0.326 e. The first kappa shape index (κ1) is 17.2. The van der Waals surface area contributed by atoms with Crippen molar-refractivity contribution in [3.8, 4) is 5.75 Å². The van der Waals surface area contributed by atoms with E-state index in [-0.39, 0.29) is 41.1 Å². The number of phenols is 1. The zero-order valence-corrected chi connectivity index (χ0v) is 12.5. The van der Waals surface area contributed by atoms with Gasteiger partial charge in [0.1, 0.15) is 11.3 Å². The van der Waals surface area contributed by atoms with Crippen molar-refractivity contribution in [2.45, 2.75) is 24.8 Å². The molecule has 1 unspecified atom stereocenters. The molecule has 1 aliphatic carbocycles. The first-order valence-corrected chi connectivity index (χ1v) is 5.23. The Balaban J connectivity index is 0.00000144. The van der Waals surface area contributed by atoms with Crippen LogP contribution < -0.4 is 5.73 Å². The molecular formula is C12H17BrClNO3. The highest BCUT2D eigenvalue weighted by atomic mass is 79.9. The number of fused-ring (bicyclic) bond motifs is 1. The van der Waals surface area contributed by atoms with Gasteiger partial charge in [-0.25, -0.2) is 0 Å². The largest absolute Gasteiger partial charge is 0.508 e. The van der Waals surface area contributed by atoms with Crippen molar-refractivity contribution in [1.82, 2.24) is 0 Å². The van der Waals surface area contributed by atoms with Crippen LogP contribution in [0.1, 0.15) is 17.5 Å². The summed E-state index contributed by atoms with van der Waals surface area (Å²) in [6, 6.07) is 5.16. The topological polar surface area (TPSA) is 72.5 Å². The number of halogens is 2. The maximum absolute atomic E-state index is 11.6. The van der Waals surface area contributed by atoms with Crippen LogP contribution in [0.2, 0.25) is 0 Å². The Kier molecular flexibility index (Phi) is 6.13. The monoisotopic (exact) mass is 337 g/mol. The second kappa shape index (κ2) is 6.41. The average molecular weight is 339 g/mol. The molecule has 3 N–H and O–H groups in total. The van der Waals surface area contributed by atoms with Crippen molar-refractivity contribution in [2.24, 2.45) is 5.73 Å². The Bertz CT molecular complexity index is 441. The van der Waals surface area contributed by atoms with Gasteiger partial charge in [0.2, 0.25) is 0 Å². The number of aromatic hydroxyl groups is 1. The van der Waals surface area contributed by atoms with Gasteiger partial charge in [-0.1, -0.05) is 6.07 Å². The zero-order chi connectivity index (χ0) is 11.8. The van der Waals surface area contributed by atoms with Gasteiger partial charge in [-0.3, -0.25) is 4.79 Å². The third-order valence-corrected chi connectivity index (χ3v) is 3.13. The third-order valence-electron chi connectivity index (χ3n) is 3.13. The van der Waals surface area contributed by atoms with Crippen molar-refractivity contribution in [3.63, 3.8) is 0 Å². The van der Waals surface area contributed by atoms with Crippen molar-refractivity contribution < 1.29 is 14.6 Å². The van der Waals surface area contributed by atoms with Crippen LogP contribution in [0.25, 0.3) is 0 Å². The first-order valence-electron chi connectivity index (χ1n) is 5.23. The molecule has 0 aliphatic heterocycles. The van der Waals surface area contributed by atoms with E-state index in [2.05, 4.69) is 0 Å². The number of carbonyl (C=O) groups is 1. The molecule has 2 rings (SSSR count). The number of benzene rings is 1. The molecule has 1 atom stereocenters. The van der Waals surface area contributed by atoms with Gasteiger partial charge in [0.25, 0.3) is 0 Å².